The van der Waals surface area contributed by atoms with Gasteiger partial charge in [-0.15, -0.1) is 10.2 Å². The van der Waals surface area contributed by atoms with Crippen molar-refractivity contribution >= 4 is 40.8 Å². The van der Waals surface area contributed by atoms with Gasteiger partial charge < -0.3 is 25.8 Å². The summed E-state index contributed by atoms with van der Waals surface area (Å²) >= 11 is 6.18. The molecule has 252 valence electrons. The highest BCUT2D eigenvalue weighted by atomic mass is 35.5. The van der Waals surface area contributed by atoms with Crippen LogP contribution < -0.4 is 26.0 Å². The number of carbonyl (C=O) groups is 1. The summed E-state index contributed by atoms with van der Waals surface area (Å²) in [5, 5.41) is 25.0. The number of aliphatic hydroxyl groups is 1. The molecule has 4 aromatic rings. The average molecular weight is 671 g/mol. The number of aliphatic hydroxyl groups excluding tert-OH is 1. The van der Waals surface area contributed by atoms with Crippen LogP contribution in [0.15, 0.2) is 77.6 Å². The van der Waals surface area contributed by atoms with E-state index in [0.29, 0.717) is 34.8 Å². The van der Waals surface area contributed by atoms with E-state index < -0.39 is 6.03 Å². The topological polar surface area (TPSA) is 142 Å². The number of nitrogens with zero attached hydrogens (tertiary/aromatic N) is 5. The second-order valence-electron chi connectivity index (χ2n) is 13.4. The fourth-order valence-electron chi connectivity index (χ4n) is 6.09. The normalized spacial score (nSPS) is 18.8. The molecule has 0 radical (unpaired) electrons. The number of halogens is 1. The first-order valence-electron chi connectivity index (χ1n) is 16.5. The van der Waals surface area contributed by atoms with Crippen LogP contribution in [0.5, 0.6) is 5.75 Å². The molecule has 2 amide bonds. The zero-order valence-electron chi connectivity index (χ0n) is 27.6. The number of hydrogen-bond acceptors (Lipinski definition) is 8. The summed E-state index contributed by atoms with van der Waals surface area (Å²) in [6.07, 6.45) is 8.37. The SMILES string of the molecule is CC(C)(C)C(N)=CC(=Nc1ccc(Cl)c(CO)c1)NC(=O)N[C@H]1CC[C@@H](Oc2ccc3nnc(N4CCCCC4)n3c2)c2ccccc21. The number of allylic oxidation sites excluding steroid dienone is 1. The second kappa shape index (κ2) is 14.2. The van der Waals surface area contributed by atoms with Gasteiger partial charge in [-0.2, -0.15) is 0 Å². The molecule has 0 spiro atoms. The lowest BCUT2D eigenvalue weighted by Gasteiger charge is -2.32. The van der Waals surface area contributed by atoms with Gasteiger partial charge in [0, 0.05) is 35.3 Å². The Balaban J connectivity index is 1.19. The maximum absolute atomic E-state index is 13.5. The van der Waals surface area contributed by atoms with Crippen LogP contribution in [0, 0.1) is 5.41 Å². The summed E-state index contributed by atoms with van der Waals surface area (Å²) in [4.78, 5) is 20.4. The Bertz CT molecular complexity index is 1840. The number of nitrogens with one attached hydrogen (secondary N) is 2. The van der Waals surface area contributed by atoms with Crippen LogP contribution in [-0.2, 0) is 6.61 Å². The minimum Gasteiger partial charge on any atom is -0.484 e. The van der Waals surface area contributed by atoms with Gasteiger partial charge in [-0.1, -0.05) is 56.6 Å². The predicted molar refractivity (Wildman–Crippen MR) is 189 cm³/mol. The number of aromatic nitrogens is 3. The molecule has 48 heavy (non-hydrogen) atoms. The van der Waals surface area contributed by atoms with Crippen molar-refractivity contribution in [2.75, 3.05) is 18.0 Å². The van der Waals surface area contributed by atoms with E-state index >= 15 is 0 Å². The summed E-state index contributed by atoms with van der Waals surface area (Å²) in [5.41, 5.74) is 10.4. The predicted octanol–water partition coefficient (Wildman–Crippen LogP) is 6.74. The second-order valence-corrected chi connectivity index (χ2v) is 13.8. The van der Waals surface area contributed by atoms with E-state index in [1.807, 2.05) is 61.7 Å². The van der Waals surface area contributed by atoms with Crippen molar-refractivity contribution in [2.24, 2.45) is 16.1 Å². The molecule has 1 aliphatic heterocycles. The molecular weight excluding hydrogens is 628 g/mol. The molecule has 11 nitrogen and oxygen atoms in total. The van der Waals surface area contributed by atoms with Crippen molar-refractivity contribution in [1.82, 2.24) is 25.2 Å². The van der Waals surface area contributed by atoms with Crippen LogP contribution in [0.2, 0.25) is 5.02 Å². The fourth-order valence-corrected chi connectivity index (χ4v) is 6.26. The summed E-state index contributed by atoms with van der Waals surface area (Å²) in [6, 6.07) is 16.3. The maximum Gasteiger partial charge on any atom is 0.320 e. The van der Waals surface area contributed by atoms with Crippen LogP contribution >= 0.6 is 11.6 Å². The van der Waals surface area contributed by atoms with Gasteiger partial charge >= 0.3 is 6.03 Å². The van der Waals surface area contributed by atoms with E-state index in [2.05, 4.69) is 36.8 Å². The van der Waals surface area contributed by atoms with E-state index in [4.69, 9.17) is 22.1 Å². The van der Waals surface area contributed by atoms with Gasteiger partial charge in [0.05, 0.1) is 24.5 Å². The molecule has 0 bridgehead atoms. The Kier molecular flexibility index (Phi) is 9.88. The summed E-state index contributed by atoms with van der Waals surface area (Å²) in [6.45, 7) is 7.67. The first-order chi connectivity index (χ1) is 23.1. The summed E-state index contributed by atoms with van der Waals surface area (Å²) < 4.78 is 8.61. The summed E-state index contributed by atoms with van der Waals surface area (Å²) in [5.74, 6) is 1.85. The molecule has 6 rings (SSSR count). The number of ether oxygens (including phenoxy) is 1. The molecular formula is C36H43ClN8O3. The Morgan fingerprint density at radius 3 is 2.60 bits per heavy atom. The van der Waals surface area contributed by atoms with Gasteiger partial charge in [0.25, 0.3) is 0 Å². The minimum absolute atomic E-state index is 0.188. The van der Waals surface area contributed by atoms with Crippen molar-refractivity contribution in [3.8, 4) is 5.75 Å². The third-order valence-corrected chi connectivity index (χ3v) is 9.23. The first kappa shape index (κ1) is 33.3. The Morgan fingerprint density at radius 1 is 1.08 bits per heavy atom. The summed E-state index contributed by atoms with van der Waals surface area (Å²) in [7, 11) is 0. The molecule has 3 heterocycles. The minimum atomic E-state index is -0.412. The van der Waals surface area contributed by atoms with E-state index in [-0.39, 0.29) is 30.0 Å². The van der Waals surface area contributed by atoms with E-state index in [1.54, 1.807) is 24.3 Å². The molecule has 1 saturated heterocycles. The molecule has 1 fully saturated rings. The van der Waals surface area contributed by atoms with E-state index in [9.17, 15) is 9.90 Å². The number of urea groups is 1. The molecule has 1 aliphatic carbocycles. The highest BCUT2D eigenvalue weighted by molar-refractivity contribution is 6.31. The van der Waals surface area contributed by atoms with Crippen molar-refractivity contribution in [3.63, 3.8) is 0 Å². The van der Waals surface area contributed by atoms with Gasteiger partial charge in [0.1, 0.15) is 17.7 Å². The first-order valence-corrected chi connectivity index (χ1v) is 16.8. The van der Waals surface area contributed by atoms with Crippen molar-refractivity contribution in [1.29, 1.82) is 0 Å². The highest BCUT2D eigenvalue weighted by Gasteiger charge is 2.30. The number of amides is 2. The Morgan fingerprint density at radius 2 is 1.85 bits per heavy atom. The third-order valence-electron chi connectivity index (χ3n) is 8.86. The van der Waals surface area contributed by atoms with E-state index in [1.165, 1.54) is 6.42 Å². The van der Waals surface area contributed by atoms with Crippen LogP contribution in [0.25, 0.3) is 5.65 Å². The lowest BCUT2D eigenvalue weighted by molar-refractivity contribution is 0.171. The third kappa shape index (κ3) is 7.58. The van der Waals surface area contributed by atoms with Gasteiger partial charge in [0.15, 0.2) is 5.65 Å². The number of hydrogen-bond donors (Lipinski definition) is 4. The number of nitrogens with two attached hydrogens (primary N) is 1. The molecule has 2 aromatic carbocycles. The van der Waals surface area contributed by atoms with E-state index in [0.717, 1.165) is 54.4 Å². The van der Waals surface area contributed by atoms with Crippen molar-refractivity contribution in [2.45, 2.75) is 71.6 Å². The van der Waals surface area contributed by atoms with Crippen LogP contribution in [0.1, 0.15) is 81.7 Å². The lowest BCUT2D eigenvalue weighted by atomic mass is 9.85. The van der Waals surface area contributed by atoms with Gasteiger partial charge in [-0.05, 0) is 79.1 Å². The van der Waals surface area contributed by atoms with Crippen LogP contribution in [-0.4, -0.2) is 44.7 Å². The number of carbonyl (C=O) groups excluding carboxylic acids is 1. The largest absolute Gasteiger partial charge is 0.484 e. The molecule has 12 heteroatoms. The zero-order valence-corrected chi connectivity index (χ0v) is 28.4. The highest BCUT2D eigenvalue weighted by Crippen LogP contribution is 2.39. The number of amidine groups is 1. The number of rotatable bonds is 7. The molecule has 5 N–H and O–H groups in total. The van der Waals surface area contributed by atoms with Gasteiger partial charge in [-0.3, -0.25) is 9.72 Å². The Hall–Kier alpha value is -4.61. The number of benzene rings is 2. The monoisotopic (exact) mass is 670 g/mol. The fraction of sp³-hybridized carbons (Fsp3) is 0.389. The standard InChI is InChI=1S/C36H43ClN8O3/c1-36(2,3)31(38)20-32(39-24-11-13-28(37)23(19-24)22-46)41-34(47)40-29-14-15-30(27-10-6-5-9-26(27)29)48-25-12-16-33-42-43-35(45(33)21-25)44-17-7-4-8-18-44/h5-6,9-13,16,19-21,29-30,46H,4,7-8,14-15,17-18,22,38H2,1-3H3,(H2,39,40,41,47)/t29-,30+/m0/s1. The number of anilines is 1. The molecule has 2 aliphatic rings. The molecule has 2 atom stereocenters. The number of aliphatic imine (C=N–C) groups is 1. The van der Waals surface area contributed by atoms with Crippen molar-refractivity contribution in [3.05, 3.63) is 94.3 Å². The number of piperidine rings is 1. The number of fused-ring (bicyclic) bond motifs is 2. The van der Waals surface area contributed by atoms with Crippen LogP contribution in [0.4, 0.5) is 16.4 Å². The molecule has 0 saturated carbocycles. The quantitative estimate of drug-likeness (QED) is 0.126. The molecule has 0 unspecified atom stereocenters. The van der Waals surface area contributed by atoms with Crippen LogP contribution in [0.3, 0.4) is 0 Å². The molecule has 2 aromatic heterocycles. The van der Waals surface area contributed by atoms with Gasteiger partial charge in [-0.25, -0.2) is 9.79 Å². The van der Waals surface area contributed by atoms with Gasteiger partial charge in [0.2, 0.25) is 5.95 Å². The maximum atomic E-state index is 13.5. The van der Waals surface area contributed by atoms with Crippen molar-refractivity contribution < 1.29 is 14.6 Å². The zero-order chi connectivity index (χ0) is 33.8. The Labute approximate surface area is 285 Å². The number of pyridine rings is 1. The average Bonchev–Trinajstić information content (AvgIpc) is 3.50. The lowest BCUT2D eigenvalue weighted by Crippen LogP contribution is -2.42. The smallest absolute Gasteiger partial charge is 0.320 e.